The zero-order valence-electron chi connectivity index (χ0n) is 19.1. The third kappa shape index (κ3) is 7.54. The van der Waals surface area contributed by atoms with E-state index < -0.39 is 0 Å². The summed E-state index contributed by atoms with van der Waals surface area (Å²) in [5.41, 5.74) is 4.32. The molecule has 2 amide bonds. The van der Waals surface area contributed by atoms with Crippen LogP contribution in [0.15, 0.2) is 78.9 Å². The molecule has 6 heteroatoms. The van der Waals surface area contributed by atoms with E-state index in [1.54, 1.807) is 24.3 Å². The van der Waals surface area contributed by atoms with Crippen LogP contribution in [0.4, 0.5) is 11.4 Å². The highest BCUT2D eigenvalue weighted by molar-refractivity contribution is 7.80. The van der Waals surface area contributed by atoms with Gasteiger partial charge >= 0.3 is 0 Å². The number of rotatable bonds is 6. The Labute approximate surface area is 200 Å². The normalized spacial score (nSPS) is 10.9. The van der Waals surface area contributed by atoms with Crippen molar-refractivity contribution >= 4 is 40.5 Å². The minimum absolute atomic E-state index is 0.0414. The van der Waals surface area contributed by atoms with Gasteiger partial charge < -0.3 is 16.0 Å². The van der Waals surface area contributed by atoms with Crippen LogP contribution < -0.4 is 16.0 Å². The minimum atomic E-state index is -0.169. The fourth-order valence-electron chi connectivity index (χ4n) is 3.22. The van der Waals surface area contributed by atoms with E-state index in [1.807, 2.05) is 54.6 Å². The fraction of sp³-hybridized carbons (Fsp3) is 0.222. The van der Waals surface area contributed by atoms with Crippen LogP contribution in [-0.2, 0) is 16.6 Å². The maximum absolute atomic E-state index is 12.5. The highest BCUT2D eigenvalue weighted by Gasteiger charge is 2.14. The summed E-state index contributed by atoms with van der Waals surface area (Å²) in [6, 6.07) is 24.6. The highest BCUT2D eigenvalue weighted by atomic mass is 32.1. The summed E-state index contributed by atoms with van der Waals surface area (Å²) < 4.78 is 0. The number of hydrogen-bond donors (Lipinski definition) is 3. The first-order valence-corrected chi connectivity index (χ1v) is 11.3. The SMILES string of the molecule is CC(C)(C)c1ccc(C(=O)Nc2ccc(NC(=S)NC(=O)CCc3ccccc3)cc2)cc1. The van der Waals surface area contributed by atoms with Crippen molar-refractivity contribution in [3.63, 3.8) is 0 Å². The molecule has 0 saturated carbocycles. The van der Waals surface area contributed by atoms with E-state index in [-0.39, 0.29) is 22.3 Å². The van der Waals surface area contributed by atoms with Gasteiger partial charge in [-0.2, -0.15) is 0 Å². The van der Waals surface area contributed by atoms with Crippen molar-refractivity contribution in [3.8, 4) is 0 Å². The average Bonchev–Trinajstić information content (AvgIpc) is 2.79. The topological polar surface area (TPSA) is 70.2 Å². The Hall–Kier alpha value is -3.51. The van der Waals surface area contributed by atoms with Gasteiger partial charge in [-0.25, -0.2) is 0 Å². The maximum Gasteiger partial charge on any atom is 0.255 e. The van der Waals surface area contributed by atoms with Crippen LogP contribution in [0.2, 0.25) is 0 Å². The Morgan fingerprint density at radius 2 is 1.36 bits per heavy atom. The summed E-state index contributed by atoms with van der Waals surface area (Å²) in [7, 11) is 0. The summed E-state index contributed by atoms with van der Waals surface area (Å²) in [6.45, 7) is 6.42. The van der Waals surface area contributed by atoms with Gasteiger partial charge in [0.1, 0.15) is 0 Å². The summed E-state index contributed by atoms with van der Waals surface area (Å²) in [4.78, 5) is 24.6. The van der Waals surface area contributed by atoms with Gasteiger partial charge in [0, 0.05) is 23.4 Å². The van der Waals surface area contributed by atoms with Crippen molar-refractivity contribution < 1.29 is 9.59 Å². The maximum atomic E-state index is 12.5. The van der Waals surface area contributed by atoms with E-state index >= 15 is 0 Å². The second-order valence-corrected chi connectivity index (χ2v) is 9.25. The van der Waals surface area contributed by atoms with Crippen molar-refractivity contribution in [1.29, 1.82) is 0 Å². The molecular weight excluding hydrogens is 430 g/mol. The molecule has 170 valence electrons. The Morgan fingerprint density at radius 3 is 1.94 bits per heavy atom. The molecule has 3 N–H and O–H groups in total. The lowest BCUT2D eigenvalue weighted by molar-refractivity contribution is -0.119. The molecule has 0 bridgehead atoms. The van der Waals surface area contributed by atoms with Gasteiger partial charge in [0.2, 0.25) is 5.91 Å². The molecule has 33 heavy (non-hydrogen) atoms. The summed E-state index contributed by atoms with van der Waals surface area (Å²) in [5, 5.41) is 8.82. The summed E-state index contributed by atoms with van der Waals surface area (Å²) >= 11 is 5.23. The zero-order valence-corrected chi connectivity index (χ0v) is 20.0. The number of thiocarbonyl (C=S) groups is 1. The van der Waals surface area contributed by atoms with E-state index in [0.29, 0.717) is 24.1 Å². The predicted octanol–water partition coefficient (Wildman–Crippen LogP) is 5.68. The molecule has 5 nitrogen and oxygen atoms in total. The number of hydrogen-bond acceptors (Lipinski definition) is 3. The number of carbonyl (C=O) groups is 2. The molecule has 0 aliphatic rings. The van der Waals surface area contributed by atoms with Gasteiger partial charge in [-0.15, -0.1) is 0 Å². The van der Waals surface area contributed by atoms with Crippen LogP contribution in [0.5, 0.6) is 0 Å². The average molecular weight is 460 g/mol. The first-order valence-electron chi connectivity index (χ1n) is 10.9. The van der Waals surface area contributed by atoms with Crippen molar-refractivity contribution in [3.05, 3.63) is 95.6 Å². The van der Waals surface area contributed by atoms with Crippen LogP contribution in [0.1, 0.15) is 48.7 Å². The first kappa shape index (κ1) is 24.1. The molecule has 0 saturated heterocycles. The quantitative estimate of drug-likeness (QED) is 0.415. The van der Waals surface area contributed by atoms with Crippen molar-refractivity contribution in [1.82, 2.24) is 5.32 Å². The second-order valence-electron chi connectivity index (χ2n) is 8.85. The molecule has 0 aliphatic heterocycles. The van der Waals surface area contributed by atoms with E-state index in [4.69, 9.17) is 12.2 Å². The number of amides is 2. The molecule has 0 fully saturated rings. The lowest BCUT2D eigenvalue weighted by Gasteiger charge is -2.19. The number of aryl methyl sites for hydroxylation is 1. The second kappa shape index (κ2) is 10.9. The van der Waals surface area contributed by atoms with Crippen molar-refractivity contribution in [2.45, 2.75) is 39.0 Å². The third-order valence-electron chi connectivity index (χ3n) is 5.15. The summed E-state index contributed by atoms with van der Waals surface area (Å²) in [5.74, 6) is -0.310. The van der Waals surface area contributed by atoms with Crippen LogP contribution in [0.25, 0.3) is 0 Å². The van der Waals surface area contributed by atoms with Gasteiger partial charge in [-0.1, -0.05) is 63.2 Å². The minimum Gasteiger partial charge on any atom is -0.332 e. The number of carbonyl (C=O) groups excluding carboxylic acids is 2. The standard InChI is InChI=1S/C27H29N3O2S/c1-27(2,3)21-12-10-20(11-13-21)25(32)28-22-14-16-23(17-15-22)29-26(33)30-24(31)18-9-19-7-5-4-6-8-19/h4-8,10-17H,9,18H2,1-3H3,(H,28,32)(H2,29,30,31,33). The zero-order chi connectivity index (χ0) is 23.8. The molecule has 0 aliphatic carbocycles. The Balaban J connectivity index is 1.47. The van der Waals surface area contributed by atoms with Gasteiger partial charge in [-0.3, -0.25) is 9.59 Å². The largest absolute Gasteiger partial charge is 0.332 e. The molecule has 0 atom stereocenters. The van der Waals surface area contributed by atoms with E-state index in [9.17, 15) is 9.59 Å². The number of nitrogens with one attached hydrogen (secondary N) is 3. The molecule has 0 spiro atoms. The van der Waals surface area contributed by atoms with Gasteiger partial charge in [0.25, 0.3) is 5.91 Å². The Bertz CT molecular complexity index is 1100. The highest BCUT2D eigenvalue weighted by Crippen LogP contribution is 2.22. The van der Waals surface area contributed by atoms with E-state index in [1.165, 1.54) is 5.56 Å². The lowest BCUT2D eigenvalue weighted by atomic mass is 9.87. The molecule has 3 aromatic carbocycles. The Kier molecular flexibility index (Phi) is 7.96. The molecular formula is C27H29N3O2S. The number of anilines is 2. The Morgan fingerprint density at radius 1 is 0.788 bits per heavy atom. The van der Waals surface area contributed by atoms with Gasteiger partial charge in [-0.05, 0) is 71.6 Å². The van der Waals surface area contributed by atoms with Crippen LogP contribution in [-0.4, -0.2) is 16.9 Å². The smallest absolute Gasteiger partial charge is 0.255 e. The monoisotopic (exact) mass is 459 g/mol. The summed E-state index contributed by atoms with van der Waals surface area (Å²) in [6.07, 6.45) is 1.01. The lowest BCUT2D eigenvalue weighted by Crippen LogP contribution is -2.34. The van der Waals surface area contributed by atoms with Gasteiger partial charge in [0.05, 0.1) is 0 Å². The molecule has 0 heterocycles. The molecule has 0 aromatic heterocycles. The van der Waals surface area contributed by atoms with E-state index in [0.717, 1.165) is 11.3 Å². The van der Waals surface area contributed by atoms with Crippen molar-refractivity contribution in [2.24, 2.45) is 0 Å². The molecule has 0 unspecified atom stereocenters. The number of benzene rings is 3. The fourth-order valence-corrected chi connectivity index (χ4v) is 3.45. The van der Waals surface area contributed by atoms with E-state index in [2.05, 4.69) is 36.7 Å². The predicted molar refractivity (Wildman–Crippen MR) is 139 cm³/mol. The third-order valence-corrected chi connectivity index (χ3v) is 5.35. The van der Waals surface area contributed by atoms with Crippen molar-refractivity contribution in [2.75, 3.05) is 10.6 Å². The van der Waals surface area contributed by atoms with Crippen LogP contribution in [0.3, 0.4) is 0 Å². The van der Waals surface area contributed by atoms with Gasteiger partial charge in [0.15, 0.2) is 5.11 Å². The first-order chi connectivity index (χ1) is 15.7. The molecule has 3 rings (SSSR count). The van der Waals surface area contributed by atoms with Crippen LogP contribution >= 0.6 is 12.2 Å². The van der Waals surface area contributed by atoms with Crippen LogP contribution in [0, 0.1) is 0 Å². The molecule has 0 radical (unpaired) electrons. The molecule has 3 aromatic rings.